The summed E-state index contributed by atoms with van der Waals surface area (Å²) in [4.78, 5) is 14.6. The molecule has 51 heavy (non-hydrogen) atoms. The third-order valence-corrected chi connectivity index (χ3v) is 17.6. The number of Topliss-reactive ketones (excluding diaryl/α,β-unsaturated/α-hetero) is 1. The van der Waals surface area contributed by atoms with Gasteiger partial charge in [0.05, 0.1) is 18.0 Å². The van der Waals surface area contributed by atoms with E-state index in [4.69, 9.17) is 4.42 Å². The van der Waals surface area contributed by atoms with Crippen LogP contribution in [-0.4, -0.2) is 47.0 Å². The third kappa shape index (κ3) is 4.51. The second-order valence-electron chi connectivity index (χ2n) is 16.5. The van der Waals surface area contributed by atoms with Crippen molar-refractivity contribution in [2.75, 3.05) is 6.54 Å². The zero-order valence-corrected chi connectivity index (χ0v) is 30.8. The molecular formula is C42H45NO6S2. The lowest BCUT2D eigenvalue weighted by Gasteiger charge is -2.71. The monoisotopic (exact) mass is 723 g/mol. The highest BCUT2D eigenvalue weighted by atomic mass is 32.2. The Morgan fingerprint density at radius 1 is 0.922 bits per heavy atom. The fourth-order valence-corrected chi connectivity index (χ4v) is 14.4. The molecule has 0 amide bonds. The predicted octanol–water partition coefficient (Wildman–Crippen LogP) is 8.16. The van der Waals surface area contributed by atoms with Crippen LogP contribution in [0.5, 0.6) is 0 Å². The maximum absolute atomic E-state index is 14.6. The molecule has 2 heterocycles. The minimum atomic E-state index is -3.96. The zero-order valence-electron chi connectivity index (χ0n) is 29.1. The maximum atomic E-state index is 14.6. The van der Waals surface area contributed by atoms with Crippen molar-refractivity contribution in [3.05, 3.63) is 113 Å². The fraction of sp³-hybridized carbons (Fsp3) is 0.452. The lowest BCUT2D eigenvalue weighted by atomic mass is 9.32. The minimum absolute atomic E-state index is 0.0491. The number of hydrogen-bond acceptors (Lipinski definition) is 7. The highest BCUT2D eigenvalue weighted by Crippen LogP contribution is 2.78. The van der Waals surface area contributed by atoms with Crippen LogP contribution in [0.1, 0.15) is 74.9 Å². The van der Waals surface area contributed by atoms with Crippen molar-refractivity contribution < 1.29 is 27.8 Å². The molecule has 6 aliphatic carbocycles. The Hall–Kier alpha value is -3.34. The van der Waals surface area contributed by atoms with Gasteiger partial charge in [-0.1, -0.05) is 80.6 Å². The van der Waals surface area contributed by atoms with Gasteiger partial charge in [0.15, 0.2) is 5.76 Å². The lowest BCUT2D eigenvalue weighted by Crippen LogP contribution is -2.67. The van der Waals surface area contributed by atoms with Gasteiger partial charge < -0.3 is 14.6 Å². The number of allylic oxidation sites excluding steroid dienone is 4. The van der Waals surface area contributed by atoms with Crippen molar-refractivity contribution in [2.24, 2.45) is 33.5 Å². The van der Waals surface area contributed by atoms with Gasteiger partial charge in [-0.25, -0.2) is 8.42 Å². The van der Waals surface area contributed by atoms with E-state index in [1.165, 1.54) is 21.9 Å². The SMILES string of the molecule is C[C@]12CC[C@H]3[C@]4(C=C[C@@]5(C=C4C(=O)c4ccco4)CC(O)CC[C@]35C)[C@@H]1CC[C@@]2(O)CN(Cc1cccc2ccccc12)S(=O)(=O)c1cccs1. The second kappa shape index (κ2) is 11.3. The number of carbonyl (C=O) groups is 1. The zero-order chi connectivity index (χ0) is 35.4. The molecular weight excluding hydrogens is 679 g/mol. The number of aliphatic hydroxyl groups excluding tert-OH is 1. The molecule has 2 bridgehead atoms. The molecule has 1 unspecified atom stereocenters. The number of thiophene rings is 1. The van der Waals surface area contributed by atoms with Gasteiger partial charge in [-0.05, 0) is 102 Å². The number of furan rings is 1. The molecule has 2 spiro atoms. The average Bonchev–Trinajstić information content (AvgIpc) is 3.90. The Morgan fingerprint density at radius 2 is 1.69 bits per heavy atom. The van der Waals surface area contributed by atoms with Crippen molar-refractivity contribution in [1.29, 1.82) is 0 Å². The molecule has 0 radical (unpaired) electrons. The molecule has 10 rings (SSSR count). The molecule has 4 aromatic rings. The van der Waals surface area contributed by atoms with Crippen molar-refractivity contribution in [3.8, 4) is 0 Å². The van der Waals surface area contributed by atoms with Gasteiger partial charge >= 0.3 is 0 Å². The summed E-state index contributed by atoms with van der Waals surface area (Å²) in [7, 11) is -3.96. The second-order valence-corrected chi connectivity index (χ2v) is 19.6. The Kier molecular flexibility index (Phi) is 7.44. The standard InChI is InChI=1S/C42H45NO6S2/c1-38-17-14-30(44)24-40(38)20-21-42(32(25-40)37(45)33-12-6-22-49-33)34(38)15-18-39(2)35(42)16-19-41(39,46)27-43(51(47,48)36-13-7-23-50-36)26-29-10-5-9-28-8-3-4-11-31(28)29/h3-13,20-23,25,30,34-35,44,46H,14-19,24,26-27H2,1-2H3/t30?,34-,35-,38-,39+,40+,41-,42-/m1/s1. The number of carbonyl (C=O) groups excluding carboxylic acids is 1. The van der Waals surface area contributed by atoms with Crippen LogP contribution in [0.3, 0.4) is 0 Å². The van der Waals surface area contributed by atoms with Gasteiger partial charge in [0.25, 0.3) is 10.0 Å². The normalized spacial score (nSPS) is 36.9. The molecule has 8 atom stereocenters. The summed E-state index contributed by atoms with van der Waals surface area (Å²) in [6.45, 7) is 4.58. The van der Waals surface area contributed by atoms with Crippen LogP contribution in [0.25, 0.3) is 10.8 Å². The Balaban J connectivity index is 1.15. The summed E-state index contributed by atoms with van der Waals surface area (Å²) >= 11 is 1.19. The minimum Gasteiger partial charge on any atom is -0.461 e. The number of sulfonamides is 1. The van der Waals surface area contributed by atoms with E-state index in [1.54, 1.807) is 29.6 Å². The largest absolute Gasteiger partial charge is 0.461 e. The maximum Gasteiger partial charge on any atom is 0.252 e. The van der Waals surface area contributed by atoms with Crippen molar-refractivity contribution >= 4 is 37.9 Å². The Morgan fingerprint density at radius 3 is 2.47 bits per heavy atom. The topological polar surface area (TPSA) is 108 Å². The summed E-state index contributed by atoms with van der Waals surface area (Å²) in [6, 6.07) is 20.8. The van der Waals surface area contributed by atoms with Crippen molar-refractivity contribution in [2.45, 2.75) is 81.3 Å². The predicted molar refractivity (Wildman–Crippen MR) is 197 cm³/mol. The van der Waals surface area contributed by atoms with Crippen LogP contribution in [0.2, 0.25) is 0 Å². The van der Waals surface area contributed by atoms with Gasteiger partial charge in [0.2, 0.25) is 5.78 Å². The van der Waals surface area contributed by atoms with E-state index in [-0.39, 0.29) is 40.3 Å². The summed E-state index contributed by atoms with van der Waals surface area (Å²) in [5.74, 6) is 0.187. The Bertz CT molecular complexity index is 2190. The van der Waals surface area contributed by atoms with E-state index in [0.717, 1.165) is 41.2 Å². The number of rotatable bonds is 8. The van der Waals surface area contributed by atoms with Crippen molar-refractivity contribution in [3.63, 3.8) is 0 Å². The number of hydrogen-bond donors (Lipinski definition) is 2. The quantitative estimate of drug-likeness (QED) is 0.140. The van der Waals surface area contributed by atoms with E-state index >= 15 is 0 Å². The van der Waals surface area contributed by atoms with E-state index in [0.29, 0.717) is 31.4 Å². The summed E-state index contributed by atoms with van der Waals surface area (Å²) in [6.07, 6.45) is 12.6. The first-order valence-corrected chi connectivity index (χ1v) is 20.6. The molecule has 2 aromatic heterocycles. The molecule has 2 aromatic carbocycles. The average molecular weight is 724 g/mol. The van der Waals surface area contributed by atoms with Gasteiger partial charge in [0, 0.05) is 34.9 Å². The molecule has 7 nitrogen and oxygen atoms in total. The van der Waals surface area contributed by atoms with Crippen molar-refractivity contribution in [1.82, 2.24) is 4.31 Å². The van der Waals surface area contributed by atoms with E-state index < -0.39 is 38.0 Å². The Labute approximate surface area is 303 Å². The van der Waals surface area contributed by atoms with Crippen LogP contribution < -0.4 is 0 Å². The molecule has 0 aliphatic heterocycles. The number of aliphatic hydroxyl groups is 2. The van der Waals surface area contributed by atoms with Crippen LogP contribution >= 0.6 is 11.3 Å². The van der Waals surface area contributed by atoms with Gasteiger partial charge in [-0.2, -0.15) is 4.31 Å². The van der Waals surface area contributed by atoms with Crippen LogP contribution in [0.15, 0.2) is 111 Å². The van der Waals surface area contributed by atoms with E-state index in [9.17, 15) is 23.4 Å². The van der Waals surface area contributed by atoms with Crippen LogP contribution in [0.4, 0.5) is 0 Å². The first-order chi connectivity index (χ1) is 24.4. The molecule has 3 fully saturated rings. The highest BCUT2D eigenvalue weighted by Gasteiger charge is 2.74. The third-order valence-electron chi connectivity index (χ3n) is 14.5. The molecule has 9 heteroatoms. The fourth-order valence-electron chi connectivity index (χ4n) is 11.8. The van der Waals surface area contributed by atoms with E-state index in [2.05, 4.69) is 32.1 Å². The first kappa shape index (κ1) is 33.5. The van der Waals surface area contributed by atoms with Crippen LogP contribution in [-0.2, 0) is 16.6 Å². The number of nitrogens with zero attached hydrogens (tertiary/aromatic N) is 1. The van der Waals surface area contributed by atoms with Gasteiger partial charge in [-0.3, -0.25) is 4.79 Å². The molecule has 6 aliphatic rings. The first-order valence-electron chi connectivity index (χ1n) is 18.3. The lowest BCUT2D eigenvalue weighted by molar-refractivity contribution is -0.174. The molecule has 2 N–H and O–H groups in total. The number of ketones is 1. The number of fused-ring (bicyclic) bond motifs is 2. The summed E-state index contributed by atoms with van der Waals surface area (Å²) in [5, 5.41) is 27.9. The smallest absolute Gasteiger partial charge is 0.252 e. The van der Waals surface area contributed by atoms with Gasteiger partial charge in [0.1, 0.15) is 4.21 Å². The van der Waals surface area contributed by atoms with Crippen LogP contribution in [0, 0.1) is 33.5 Å². The van der Waals surface area contributed by atoms with Gasteiger partial charge in [-0.15, -0.1) is 11.3 Å². The summed E-state index contributed by atoms with van der Waals surface area (Å²) < 4.78 is 36.5. The molecule has 266 valence electrons. The number of benzene rings is 2. The molecule has 3 saturated carbocycles. The van der Waals surface area contributed by atoms with E-state index in [1.807, 2.05) is 42.5 Å². The summed E-state index contributed by atoms with van der Waals surface area (Å²) in [5.41, 5.74) is -1.71. The highest BCUT2D eigenvalue weighted by molar-refractivity contribution is 7.91. The molecule has 0 saturated heterocycles.